The van der Waals surface area contributed by atoms with Gasteiger partial charge in [-0.3, -0.25) is 0 Å². The molecule has 0 unspecified atom stereocenters. The molecule has 1 heterocycles. The number of nitrogens with zero attached hydrogens (tertiary/aromatic N) is 2. The standard InChI is InChI=1S/C12H9BrN2O3/c1-7-14-5-4-11(15-7)18-10-6-8(12(16)17)2-3-9(10)13/h2-6H,1H3,(H,16,17). The Morgan fingerprint density at radius 3 is 2.83 bits per heavy atom. The van der Waals surface area contributed by atoms with Crippen molar-refractivity contribution in [1.82, 2.24) is 9.97 Å². The molecule has 1 aromatic carbocycles. The Balaban J connectivity index is 2.33. The number of rotatable bonds is 3. The largest absolute Gasteiger partial charge is 0.478 e. The summed E-state index contributed by atoms with van der Waals surface area (Å²) in [5.41, 5.74) is 0.152. The monoisotopic (exact) mass is 308 g/mol. The van der Waals surface area contributed by atoms with Crippen molar-refractivity contribution < 1.29 is 14.6 Å². The van der Waals surface area contributed by atoms with Crippen LogP contribution in [0.3, 0.4) is 0 Å². The molecule has 1 N–H and O–H groups in total. The van der Waals surface area contributed by atoms with Crippen LogP contribution in [-0.4, -0.2) is 21.0 Å². The van der Waals surface area contributed by atoms with Gasteiger partial charge in [-0.15, -0.1) is 0 Å². The minimum absolute atomic E-state index is 0.152. The smallest absolute Gasteiger partial charge is 0.335 e. The van der Waals surface area contributed by atoms with Crippen molar-refractivity contribution in [2.45, 2.75) is 6.92 Å². The molecule has 92 valence electrons. The second kappa shape index (κ2) is 5.14. The van der Waals surface area contributed by atoms with Crippen LogP contribution in [0.25, 0.3) is 0 Å². The van der Waals surface area contributed by atoms with Crippen molar-refractivity contribution in [1.29, 1.82) is 0 Å². The summed E-state index contributed by atoms with van der Waals surface area (Å²) >= 11 is 3.29. The summed E-state index contributed by atoms with van der Waals surface area (Å²) in [6, 6.07) is 6.15. The average Bonchev–Trinajstić information content (AvgIpc) is 2.31. The first kappa shape index (κ1) is 12.5. The molecule has 0 atom stereocenters. The van der Waals surface area contributed by atoms with Crippen molar-refractivity contribution in [3.8, 4) is 11.6 Å². The molecule has 0 aliphatic heterocycles. The van der Waals surface area contributed by atoms with Gasteiger partial charge < -0.3 is 9.84 Å². The maximum atomic E-state index is 10.9. The van der Waals surface area contributed by atoms with Crippen LogP contribution in [0.4, 0.5) is 0 Å². The normalized spacial score (nSPS) is 10.1. The van der Waals surface area contributed by atoms with Gasteiger partial charge in [-0.05, 0) is 41.1 Å². The van der Waals surface area contributed by atoms with Gasteiger partial charge in [-0.25, -0.2) is 9.78 Å². The number of hydrogen-bond donors (Lipinski definition) is 1. The van der Waals surface area contributed by atoms with Crippen LogP contribution in [-0.2, 0) is 0 Å². The third kappa shape index (κ3) is 2.84. The van der Waals surface area contributed by atoms with Crippen LogP contribution in [0, 0.1) is 6.92 Å². The summed E-state index contributed by atoms with van der Waals surface area (Å²) < 4.78 is 6.18. The Labute approximate surface area is 112 Å². The van der Waals surface area contributed by atoms with Gasteiger partial charge in [-0.1, -0.05) is 0 Å². The molecule has 0 bridgehead atoms. The lowest BCUT2D eigenvalue weighted by molar-refractivity contribution is 0.0696. The molecule has 18 heavy (non-hydrogen) atoms. The fourth-order valence-corrected chi connectivity index (χ4v) is 1.65. The molecule has 0 radical (unpaired) electrons. The van der Waals surface area contributed by atoms with Crippen LogP contribution in [0.5, 0.6) is 11.6 Å². The highest BCUT2D eigenvalue weighted by Gasteiger charge is 2.09. The predicted molar refractivity (Wildman–Crippen MR) is 67.9 cm³/mol. The van der Waals surface area contributed by atoms with Gasteiger partial charge in [0.05, 0.1) is 10.0 Å². The number of aryl methyl sites for hydroxylation is 1. The molecule has 6 heteroatoms. The molecule has 0 saturated heterocycles. The van der Waals surface area contributed by atoms with Gasteiger partial charge in [0.15, 0.2) is 0 Å². The maximum Gasteiger partial charge on any atom is 0.335 e. The zero-order valence-corrected chi connectivity index (χ0v) is 11.0. The summed E-state index contributed by atoms with van der Waals surface area (Å²) in [5.74, 6) is 0.336. The Kier molecular flexibility index (Phi) is 3.57. The van der Waals surface area contributed by atoms with E-state index in [9.17, 15) is 4.79 Å². The topological polar surface area (TPSA) is 72.3 Å². The quantitative estimate of drug-likeness (QED) is 0.943. The molecule has 5 nitrogen and oxygen atoms in total. The zero-order valence-electron chi connectivity index (χ0n) is 9.42. The lowest BCUT2D eigenvalue weighted by Crippen LogP contribution is -1.98. The highest BCUT2D eigenvalue weighted by atomic mass is 79.9. The number of carbonyl (C=O) groups is 1. The summed E-state index contributed by atoms with van der Waals surface area (Å²) in [4.78, 5) is 18.9. The van der Waals surface area contributed by atoms with Crippen LogP contribution in [0.2, 0.25) is 0 Å². The first-order valence-electron chi connectivity index (χ1n) is 5.06. The Bertz CT molecular complexity index is 602. The molecule has 0 saturated carbocycles. The molecule has 0 aliphatic rings. The van der Waals surface area contributed by atoms with Crippen LogP contribution in [0.15, 0.2) is 34.9 Å². The van der Waals surface area contributed by atoms with E-state index in [0.29, 0.717) is 21.9 Å². The van der Waals surface area contributed by atoms with Crippen LogP contribution >= 0.6 is 15.9 Å². The van der Waals surface area contributed by atoms with E-state index in [1.54, 1.807) is 25.3 Å². The molecule has 0 aliphatic carbocycles. The average molecular weight is 309 g/mol. The van der Waals surface area contributed by atoms with E-state index >= 15 is 0 Å². The van der Waals surface area contributed by atoms with Crippen molar-refractivity contribution >= 4 is 21.9 Å². The lowest BCUT2D eigenvalue weighted by atomic mass is 10.2. The highest BCUT2D eigenvalue weighted by Crippen LogP contribution is 2.29. The first-order chi connectivity index (χ1) is 8.56. The number of hydrogen-bond acceptors (Lipinski definition) is 4. The van der Waals surface area contributed by atoms with Crippen molar-refractivity contribution in [2.75, 3.05) is 0 Å². The number of aromatic nitrogens is 2. The van der Waals surface area contributed by atoms with E-state index in [1.807, 2.05) is 0 Å². The first-order valence-corrected chi connectivity index (χ1v) is 5.86. The van der Waals surface area contributed by atoms with E-state index < -0.39 is 5.97 Å². The Hall–Kier alpha value is -1.95. The molecule has 0 spiro atoms. The summed E-state index contributed by atoms with van der Waals surface area (Å²) in [7, 11) is 0. The third-order valence-corrected chi connectivity index (χ3v) is 2.80. The summed E-state index contributed by atoms with van der Waals surface area (Å²) in [6.07, 6.45) is 1.58. The van der Waals surface area contributed by atoms with E-state index in [0.717, 1.165) is 0 Å². The molecule has 0 amide bonds. The minimum Gasteiger partial charge on any atom is -0.478 e. The number of aromatic carboxylic acids is 1. The van der Waals surface area contributed by atoms with Crippen molar-refractivity contribution in [3.05, 3.63) is 46.3 Å². The van der Waals surface area contributed by atoms with Gasteiger partial charge in [0.25, 0.3) is 0 Å². The van der Waals surface area contributed by atoms with Crippen LogP contribution < -0.4 is 4.74 Å². The van der Waals surface area contributed by atoms with E-state index in [1.165, 1.54) is 12.1 Å². The molecule has 0 fully saturated rings. The minimum atomic E-state index is -1.01. The number of benzene rings is 1. The fraction of sp³-hybridized carbons (Fsp3) is 0.0833. The Morgan fingerprint density at radius 2 is 2.17 bits per heavy atom. The van der Waals surface area contributed by atoms with Gasteiger partial charge in [0.1, 0.15) is 11.6 Å². The van der Waals surface area contributed by atoms with Gasteiger partial charge >= 0.3 is 5.97 Å². The van der Waals surface area contributed by atoms with Gasteiger partial charge in [-0.2, -0.15) is 4.98 Å². The maximum absolute atomic E-state index is 10.9. The van der Waals surface area contributed by atoms with Crippen molar-refractivity contribution in [3.63, 3.8) is 0 Å². The van der Waals surface area contributed by atoms with E-state index in [-0.39, 0.29) is 5.56 Å². The van der Waals surface area contributed by atoms with E-state index in [2.05, 4.69) is 25.9 Å². The van der Waals surface area contributed by atoms with Gasteiger partial charge in [0.2, 0.25) is 5.88 Å². The van der Waals surface area contributed by atoms with Crippen LogP contribution in [0.1, 0.15) is 16.2 Å². The second-order valence-electron chi connectivity index (χ2n) is 3.49. The summed E-state index contributed by atoms with van der Waals surface area (Å²) in [6.45, 7) is 1.75. The van der Waals surface area contributed by atoms with Crippen molar-refractivity contribution in [2.24, 2.45) is 0 Å². The molecule has 2 aromatic rings. The van der Waals surface area contributed by atoms with E-state index in [4.69, 9.17) is 9.84 Å². The zero-order chi connectivity index (χ0) is 13.1. The molecule has 1 aromatic heterocycles. The molecular formula is C12H9BrN2O3. The third-order valence-electron chi connectivity index (χ3n) is 2.14. The SMILES string of the molecule is Cc1nccc(Oc2cc(C(=O)O)ccc2Br)n1. The van der Waals surface area contributed by atoms with Gasteiger partial charge in [0, 0.05) is 12.3 Å². The molecule has 2 rings (SSSR count). The fourth-order valence-electron chi connectivity index (χ4n) is 1.32. The second-order valence-corrected chi connectivity index (χ2v) is 4.35. The highest BCUT2D eigenvalue weighted by molar-refractivity contribution is 9.10. The number of halogens is 1. The number of carboxylic acids is 1. The summed E-state index contributed by atoms with van der Waals surface area (Å²) in [5, 5.41) is 8.91. The lowest BCUT2D eigenvalue weighted by Gasteiger charge is -2.07. The number of carboxylic acid groups (broad SMARTS) is 1. The number of ether oxygens (including phenoxy) is 1. The predicted octanol–water partition coefficient (Wildman–Crippen LogP) is 3.04. The Morgan fingerprint density at radius 1 is 1.39 bits per heavy atom. The molecular weight excluding hydrogens is 300 g/mol.